The van der Waals surface area contributed by atoms with Crippen molar-refractivity contribution in [2.24, 2.45) is 0 Å². The summed E-state index contributed by atoms with van der Waals surface area (Å²) in [6.45, 7) is 0. The van der Waals surface area contributed by atoms with Crippen molar-refractivity contribution < 1.29 is 4.79 Å². The maximum atomic E-state index is 12.1. The number of hydrogen-bond donors (Lipinski definition) is 2. The largest absolute Gasteiger partial charge is 0.336 e. The van der Waals surface area contributed by atoms with E-state index in [-0.39, 0.29) is 11.7 Å². The van der Waals surface area contributed by atoms with E-state index in [9.17, 15) is 4.79 Å². The lowest BCUT2D eigenvalue weighted by atomic mass is 9.89. The first kappa shape index (κ1) is 17.3. The average molecular weight is 356 g/mol. The SMILES string of the molecule is N#Cc1ccc(NC(=O)CSc2nnc(C3CCCCC3)n2N)cc1. The van der Waals surface area contributed by atoms with E-state index in [1.165, 1.54) is 35.7 Å². The Balaban J connectivity index is 1.55. The van der Waals surface area contributed by atoms with Gasteiger partial charge >= 0.3 is 0 Å². The van der Waals surface area contributed by atoms with Crippen LogP contribution in [0.4, 0.5) is 5.69 Å². The predicted molar refractivity (Wildman–Crippen MR) is 96.5 cm³/mol. The van der Waals surface area contributed by atoms with E-state index in [1.807, 2.05) is 6.07 Å². The van der Waals surface area contributed by atoms with Gasteiger partial charge in [0.2, 0.25) is 11.1 Å². The number of nitrogens with one attached hydrogen (secondary N) is 1. The monoisotopic (exact) mass is 356 g/mol. The Morgan fingerprint density at radius 2 is 2.00 bits per heavy atom. The maximum Gasteiger partial charge on any atom is 0.234 e. The fraction of sp³-hybridized carbons (Fsp3) is 0.412. The average Bonchev–Trinajstić information content (AvgIpc) is 3.02. The van der Waals surface area contributed by atoms with Crippen molar-refractivity contribution in [1.82, 2.24) is 14.9 Å². The van der Waals surface area contributed by atoms with Crippen molar-refractivity contribution in [3.05, 3.63) is 35.7 Å². The number of nitrogen functional groups attached to an aromatic ring is 1. The highest BCUT2D eigenvalue weighted by atomic mass is 32.2. The van der Waals surface area contributed by atoms with Gasteiger partial charge in [-0.05, 0) is 37.1 Å². The van der Waals surface area contributed by atoms with Crippen LogP contribution in [0.1, 0.15) is 49.4 Å². The van der Waals surface area contributed by atoms with E-state index in [1.54, 1.807) is 24.3 Å². The normalized spacial score (nSPS) is 14.8. The van der Waals surface area contributed by atoms with Crippen LogP contribution in [0, 0.1) is 11.3 Å². The summed E-state index contributed by atoms with van der Waals surface area (Å²) in [5.41, 5.74) is 1.21. The number of benzene rings is 1. The van der Waals surface area contributed by atoms with E-state index in [0.29, 0.717) is 22.3 Å². The molecule has 0 saturated heterocycles. The Labute approximate surface area is 150 Å². The highest BCUT2D eigenvalue weighted by Crippen LogP contribution is 2.32. The van der Waals surface area contributed by atoms with Gasteiger partial charge in [0, 0.05) is 11.6 Å². The second kappa shape index (κ2) is 8.03. The van der Waals surface area contributed by atoms with Crippen molar-refractivity contribution in [1.29, 1.82) is 5.26 Å². The van der Waals surface area contributed by atoms with E-state index in [0.717, 1.165) is 18.7 Å². The summed E-state index contributed by atoms with van der Waals surface area (Å²) in [6, 6.07) is 8.77. The minimum absolute atomic E-state index is 0.156. The van der Waals surface area contributed by atoms with Crippen molar-refractivity contribution in [3.63, 3.8) is 0 Å². The zero-order valence-corrected chi connectivity index (χ0v) is 14.6. The molecule has 1 aliphatic rings. The second-order valence-electron chi connectivity index (χ2n) is 6.07. The topological polar surface area (TPSA) is 110 Å². The number of rotatable bonds is 5. The molecule has 130 valence electrons. The quantitative estimate of drug-likeness (QED) is 0.629. The highest BCUT2D eigenvalue weighted by Gasteiger charge is 2.22. The van der Waals surface area contributed by atoms with Crippen LogP contribution < -0.4 is 11.2 Å². The number of anilines is 1. The Morgan fingerprint density at radius 3 is 2.68 bits per heavy atom. The fourth-order valence-corrected chi connectivity index (χ4v) is 3.64. The van der Waals surface area contributed by atoms with Crippen molar-refractivity contribution >= 4 is 23.4 Å². The number of aromatic nitrogens is 3. The molecule has 0 unspecified atom stereocenters. The van der Waals surface area contributed by atoms with Crippen LogP contribution in [-0.4, -0.2) is 26.5 Å². The standard InChI is InChI=1S/C17H20N6OS/c18-10-12-6-8-14(9-7-12)20-15(24)11-25-17-22-21-16(23(17)19)13-4-2-1-3-5-13/h6-9,13H,1-5,11,19H2,(H,20,24). The summed E-state index contributed by atoms with van der Waals surface area (Å²) >= 11 is 1.27. The molecule has 25 heavy (non-hydrogen) atoms. The minimum Gasteiger partial charge on any atom is -0.336 e. The van der Waals surface area contributed by atoms with Crippen LogP contribution in [-0.2, 0) is 4.79 Å². The Bertz CT molecular complexity index is 773. The lowest BCUT2D eigenvalue weighted by Crippen LogP contribution is -2.19. The molecule has 7 nitrogen and oxygen atoms in total. The molecule has 0 aliphatic heterocycles. The number of amides is 1. The summed E-state index contributed by atoms with van der Waals surface area (Å²) in [6.07, 6.45) is 5.87. The molecule has 2 aromatic rings. The molecule has 0 spiro atoms. The number of nitrogens with zero attached hydrogens (tertiary/aromatic N) is 4. The van der Waals surface area contributed by atoms with Gasteiger partial charge in [0.25, 0.3) is 0 Å². The smallest absolute Gasteiger partial charge is 0.234 e. The van der Waals surface area contributed by atoms with E-state index >= 15 is 0 Å². The van der Waals surface area contributed by atoms with Crippen LogP contribution >= 0.6 is 11.8 Å². The zero-order valence-electron chi connectivity index (χ0n) is 13.8. The minimum atomic E-state index is -0.156. The Kier molecular flexibility index (Phi) is 5.56. The molecule has 8 heteroatoms. The lowest BCUT2D eigenvalue weighted by molar-refractivity contribution is -0.113. The molecule has 1 aliphatic carbocycles. The van der Waals surface area contributed by atoms with Crippen molar-refractivity contribution in [3.8, 4) is 6.07 Å². The molecule has 0 bridgehead atoms. The van der Waals surface area contributed by atoms with Gasteiger partial charge in [0.15, 0.2) is 5.82 Å². The van der Waals surface area contributed by atoms with Gasteiger partial charge < -0.3 is 11.2 Å². The van der Waals surface area contributed by atoms with Gasteiger partial charge in [0.1, 0.15) is 0 Å². The molecule has 1 amide bonds. The van der Waals surface area contributed by atoms with Crippen molar-refractivity contribution in [2.45, 2.75) is 43.2 Å². The Hall–Kier alpha value is -2.53. The van der Waals surface area contributed by atoms with Crippen molar-refractivity contribution in [2.75, 3.05) is 16.9 Å². The maximum absolute atomic E-state index is 12.1. The summed E-state index contributed by atoms with van der Waals surface area (Å²) in [7, 11) is 0. The number of thioether (sulfide) groups is 1. The first-order valence-corrected chi connectivity index (χ1v) is 9.29. The molecular weight excluding hydrogens is 336 g/mol. The van der Waals surface area contributed by atoms with Crippen LogP contribution in [0.15, 0.2) is 29.4 Å². The van der Waals surface area contributed by atoms with Gasteiger partial charge in [0.05, 0.1) is 17.4 Å². The number of nitrogens with two attached hydrogens (primary N) is 1. The van der Waals surface area contributed by atoms with Gasteiger partial charge in [-0.3, -0.25) is 4.79 Å². The molecule has 1 saturated carbocycles. The number of nitriles is 1. The molecule has 1 fully saturated rings. The first-order chi connectivity index (χ1) is 12.2. The molecule has 3 rings (SSSR count). The van der Waals surface area contributed by atoms with Gasteiger partial charge in [-0.15, -0.1) is 10.2 Å². The highest BCUT2D eigenvalue weighted by molar-refractivity contribution is 7.99. The molecule has 0 radical (unpaired) electrons. The summed E-state index contributed by atoms with van der Waals surface area (Å²) in [4.78, 5) is 12.1. The third kappa shape index (κ3) is 4.31. The Morgan fingerprint density at radius 1 is 1.28 bits per heavy atom. The number of hydrogen-bond acceptors (Lipinski definition) is 6. The van der Waals surface area contributed by atoms with Crippen LogP contribution in [0.25, 0.3) is 0 Å². The molecule has 1 aromatic heterocycles. The van der Waals surface area contributed by atoms with E-state index < -0.39 is 0 Å². The first-order valence-electron chi connectivity index (χ1n) is 8.30. The lowest BCUT2D eigenvalue weighted by Gasteiger charge is -2.20. The van der Waals surface area contributed by atoms with Crippen LogP contribution in [0.5, 0.6) is 0 Å². The number of carbonyl (C=O) groups excluding carboxylic acids is 1. The molecular formula is C17H20N6OS. The van der Waals surface area contributed by atoms with Gasteiger partial charge in [-0.25, -0.2) is 4.68 Å². The number of carbonyl (C=O) groups is 1. The molecule has 0 atom stereocenters. The molecule has 1 aromatic carbocycles. The molecule has 1 heterocycles. The van der Waals surface area contributed by atoms with E-state index in [2.05, 4.69) is 15.5 Å². The third-order valence-corrected chi connectivity index (χ3v) is 5.23. The second-order valence-corrected chi connectivity index (χ2v) is 7.01. The summed E-state index contributed by atoms with van der Waals surface area (Å²) in [5.74, 6) is 7.34. The van der Waals surface area contributed by atoms with Crippen LogP contribution in [0.2, 0.25) is 0 Å². The van der Waals surface area contributed by atoms with Crippen LogP contribution in [0.3, 0.4) is 0 Å². The zero-order chi connectivity index (χ0) is 17.6. The van der Waals surface area contributed by atoms with E-state index in [4.69, 9.17) is 11.1 Å². The summed E-state index contributed by atoms with van der Waals surface area (Å²) < 4.78 is 1.52. The molecule has 3 N–H and O–H groups in total. The summed E-state index contributed by atoms with van der Waals surface area (Å²) in [5, 5.41) is 20.5. The van der Waals surface area contributed by atoms with Gasteiger partial charge in [-0.1, -0.05) is 31.0 Å². The fourth-order valence-electron chi connectivity index (χ4n) is 2.98. The van der Waals surface area contributed by atoms with Gasteiger partial charge in [-0.2, -0.15) is 5.26 Å². The predicted octanol–water partition coefficient (Wildman–Crippen LogP) is 2.64. The third-order valence-electron chi connectivity index (χ3n) is 4.29.